The van der Waals surface area contributed by atoms with Gasteiger partial charge >= 0.3 is 0 Å². The summed E-state index contributed by atoms with van der Waals surface area (Å²) in [6.07, 6.45) is 1.35. The molecule has 0 radical (unpaired) electrons. The molecular formula is C17H21FN4O2S. The van der Waals surface area contributed by atoms with Crippen molar-refractivity contribution in [2.75, 3.05) is 12.3 Å². The van der Waals surface area contributed by atoms with Crippen LogP contribution in [0.1, 0.15) is 26.1 Å². The molecule has 3 rings (SSSR count). The van der Waals surface area contributed by atoms with E-state index in [9.17, 15) is 14.0 Å². The average molecular weight is 364 g/mol. The maximum absolute atomic E-state index is 13.2. The van der Waals surface area contributed by atoms with Gasteiger partial charge in [-0.2, -0.15) is 0 Å². The van der Waals surface area contributed by atoms with Crippen molar-refractivity contribution in [3.63, 3.8) is 0 Å². The van der Waals surface area contributed by atoms with Crippen LogP contribution in [0.3, 0.4) is 0 Å². The Balaban J connectivity index is 1.45. The number of aromatic nitrogens is 2. The topological polar surface area (TPSA) is 86.9 Å². The monoisotopic (exact) mass is 364 g/mol. The summed E-state index contributed by atoms with van der Waals surface area (Å²) in [5.74, 6) is 0.754. The molecule has 134 valence electrons. The first-order valence-corrected chi connectivity index (χ1v) is 9.20. The van der Waals surface area contributed by atoms with Gasteiger partial charge in [-0.25, -0.2) is 9.37 Å². The molecule has 1 aliphatic rings. The third-order valence-corrected chi connectivity index (χ3v) is 5.57. The fraction of sp³-hybridized carbons (Fsp3) is 0.471. The first-order chi connectivity index (χ1) is 11.8. The number of thioether (sulfide) groups is 1. The van der Waals surface area contributed by atoms with E-state index in [-0.39, 0.29) is 17.6 Å². The number of amides is 2. The van der Waals surface area contributed by atoms with Gasteiger partial charge in [0.1, 0.15) is 17.7 Å². The van der Waals surface area contributed by atoms with Crippen molar-refractivity contribution < 1.29 is 14.0 Å². The van der Waals surface area contributed by atoms with Gasteiger partial charge in [0.15, 0.2) is 0 Å². The first-order valence-electron chi connectivity index (χ1n) is 8.22. The van der Waals surface area contributed by atoms with E-state index < -0.39 is 10.8 Å². The van der Waals surface area contributed by atoms with Crippen molar-refractivity contribution in [2.24, 2.45) is 0 Å². The van der Waals surface area contributed by atoms with Gasteiger partial charge in [0.25, 0.3) is 0 Å². The third kappa shape index (κ3) is 4.12. The Hall–Kier alpha value is -2.09. The van der Waals surface area contributed by atoms with Crippen molar-refractivity contribution in [1.82, 2.24) is 20.6 Å². The first kappa shape index (κ1) is 17.7. The lowest BCUT2D eigenvalue weighted by atomic mass is 10.1. The van der Waals surface area contributed by atoms with E-state index in [4.69, 9.17) is 0 Å². The normalized spacial score (nSPS) is 19.6. The van der Waals surface area contributed by atoms with Crippen molar-refractivity contribution in [3.8, 4) is 0 Å². The Kier molecular flexibility index (Phi) is 4.99. The van der Waals surface area contributed by atoms with E-state index in [1.807, 2.05) is 13.8 Å². The number of aromatic amines is 1. The number of halogens is 1. The zero-order chi connectivity index (χ0) is 18.0. The molecule has 1 saturated heterocycles. The van der Waals surface area contributed by atoms with Gasteiger partial charge in [0, 0.05) is 18.7 Å². The average Bonchev–Trinajstić information content (AvgIpc) is 2.95. The number of imidazole rings is 1. The predicted molar refractivity (Wildman–Crippen MR) is 95.9 cm³/mol. The Morgan fingerprint density at radius 2 is 2.28 bits per heavy atom. The molecule has 2 aromatic rings. The van der Waals surface area contributed by atoms with Crippen LogP contribution in [0.25, 0.3) is 11.0 Å². The lowest BCUT2D eigenvalue weighted by Crippen LogP contribution is -2.57. The number of aryl methyl sites for hydroxylation is 1. The van der Waals surface area contributed by atoms with E-state index in [1.54, 1.807) is 6.07 Å². The summed E-state index contributed by atoms with van der Waals surface area (Å²) in [5, 5.41) is 5.61. The Morgan fingerprint density at radius 1 is 1.48 bits per heavy atom. The van der Waals surface area contributed by atoms with E-state index in [0.29, 0.717) is 30.7 Å². The van der Waals surface area contributed by atoms with Gasteiger partial charge in [0.05, 0.1) is 15.8 Å². The molecule has 1 fully saturated rings. The maximum Gasteiger partial charge on any atom is 0.243 e. The molecule has 0 aliphatic carbocycles. The number of H-pyrrole nitrogens is 1. The highest BCUT2D eigenvalue weighted by atomic mass is 32.2. The van der Waals surface area contributed by atoms with Crippen LogP contribution in [-0.2, 0) is 16.0 Å². The van der Waals surface area contributed by atoms with Crippen LogP contribution in [0.15, 0.2) is 18.2 Å². The Labute approximate surface area is 149 Å². The summed E-state index contributed by atoms with van der Waals surface area (Å²) in [7, 11) is 0. The zero-order valence-corrected chi connectivity index (χ0v) is 15.0. The second-order valence-corrected chi connectivity index (χ2v) is 8.23. The van der Waals surface area contributed by atoms with Crippen molar-refractivity contribution in [2.45, 2.75) is 37.5 Å². The molecule has 3 N–H and O–H groups in total. The molecule has 0 spiro atoms. The van der Waals surface area contributed by atoms with Gasteiger partial charge in [-0.05, 0) is 38.5 Å². The second-order valence-electron chi connectivity index (χ2n) is 6.59. The molecule has 1 aromatic heterocycles. The number of benzene rings is 1. The highest BCUT2D eigenvalue weighted by Crippen LogP contribution is 2.28. The third-order valence-electron chi connectivity index (χ3n) is 4.16. The van der Waals surface area contributed by atoms with Crippen LogP contribution in [0.5, 0.6) is 0 Å². The van der Waals surface area contributed by atoms with Crippen molar-refractivity contribution in [1.29, 1.82) is 0 Å². The minimum Gasteiger partial charge on any atom is -0.354 e. The lowest BCUT2D eigenvalue weighted by molar-refractivity contribution is -0.129. The Bertz CT molecular complexity index is 805. The lowest BCUT2D eigenvalue weighted by Gasteiger charge is -2.32. The molecule has 6 nitrogen and oxygen atoms in total. The van der Waals surface area contributed by atoms with Gasteiger partial charge in [-0.15, -0.1) is 11.8 Å². The molecule has 25 heavy (non-hydrogen) atoms. The molecule has 0 unspecified atom stereocenters. The molecule has 1 atom stereocenters. The van der Waals surface area contributed by atoms with Crippen LogP contribution in [-0.4, -0.2) is 44.9 Å². The summed E-state index contributed by atoms with van der Waals surface area (Å²) in [6, 6.07) is 3.94. The number of hydrogen-bond acceptors (Lipinski definition) is 4. The van der Waals surface area contributed by atoms with E-state index in [2.05, 4.69) is 20.6 Å². The molecule has 1 aliphatic heterocycles. The second kappa shape index (κ2) is 7.03. The number of carbonyl (C=O) groups is 2. The smallest absolute Gasteiger partial charge is 0.243 e. The van der Waals surface area contributed by atoms with E-state index in [1.165, 1.54) is 23.9 Å². The molecule has 0 bridgehead atoms. The number of hydrogen-bond donors (Lipinski definition) is 3. The molecule has 2 amide bonds. The van der Waals surface area contributed by atoms with Crippen LogP contribution < -0.4 is 10.6 Å². The summed E-state index contributed by atoms with van der Waals surface area (Å²) < 4.78 is 12.7. The van der Waals surface area contributed by atoms with Gasteiger partial charge < -0.3 is 15.6 Å². The fourth-order valence-electron chi connectivity index (χ4n) is 2.62. The highest BCUT2D eigenvalue weighted by molar-refractivity contribution is 8.01. The van der Waals surface area contributed by atoms with Gasteiger partial charge in [0.2, 0.25) is 11.8 Å². The number of nitrogens with one attached hydrogen (secondary N) is 3. The minimum atomic E-state index is -0.489. The predicted octanol–water partition coefficient (Wildman–Crippen LogP) is 1.76. The van der Waals surface area contributed by atoms with Crippen LogP contribution in [0, 0.1) is 5.82 Å². The molecule has 2 heterocycles. The number of nitrogens with zero attached hydrogens (tertiary/aromatic N) is 1. The van der Waals surface area contributed by atoms with Crippen LogP contribution >= 0.6 is 11.8 Å². The largest absolute Gasteiger partial charge is 0.354 e. The molecule has 8 heteroatoms. The van der Waals surface area contributed by atoms with E-state index >= 15 is 0 Å². The minimum absolute atomic E-state index is 0.113. The Morgan fingerprint density at radius 3 is 3.04 bits per heavy atom. The summed E-state index contributed by atoms with van der Waals surface area (Å²) >= 11 is 1.49. The number of rotatable bonds is 5. The van der Waals surface area contributed by atoms with Gasteiger partial charge in [-0.1, -0.05) is 0 Å². The number of fused-ring (bicyclic) bond motifs is 1. The summed E-state index contributed by atoms with van der Waals surface area (Å²) in [4.78, 5) is 31.5. The standard InChI is InChI=1S/C17H21FN4O2S/c1-17(2)16(24)22-13(9-25-17)15(23)19-7-3-4-14-20-11-6-5-10(18)8-12(11)21-14/h5-6,8,13H,3-4,7,9H2,1-2H3,(H,19,23)(H,20,21)(H,22,24)/t13-/m0/s1. The number of carbonyl (C=O) groups excluding carboxylic acids is 2. The van der Waals surface area contributed by atoms with Crippen molar-refractivity contribution in [3.05, 3.63) is 29.8 Å². The van der Waals surface area contributed by atoms with Crippen LogP contribution in [0.2, 0.25) is 0 Å². The highest BCUT2D eigenvalue weighted by Gasteiger charge is 2.37. The molecular weight excluding hydrogens is 343 g/mol. The van der Waals surface area contributed by atoms with Crippen molar-refractivity contribution >= 4 is 34.6 Å². The van der Waals surface area contributed by atoms with E-state index in [0.717, 1.165) is 11.3 Å². The maximum atomic E-state index is 13.2. The SMILES string of the molecule is CC1(C)SC[C@@H](C(=O)NCCCc2nc3ccc(F)cc3[nH]2)NC1=O. The van der Waals surface area contributed by atoms with Crippen LogP contribution in [0.4, 0.5) is 4.39 Å². The quantitative estimate of drug-likeness (QED) is 0.706. The zero-order valence-electron chi connectivity index (χ0n) is 14.2. The molecule has 1 aromatic carbocycles. The summed E-state index contributed by atoms with van der Waals surface area (Å²) in [5.41, 5.74) is 1.40. The fourth-order valence-corrected chi connectivity index (χ4v) is 3.62. The molecule has 0 saturated carbocycles. The van der Waals surface area contributed by atoms with Gasteiger partial charge in [-0.3, -0.25) is 9.59 Å². The summed E-state index contributed by atoms with van der Waals surface area (Å²) in [6.45, 7) is 4.19.